The molecule has 1 rings (SSSR count). The molecule has 0 radical (unpaired) electrons. The standard InChI is InChI=1S/C10H11NO.CH4/c1-8(11-9(2)12)10-6-4-3-5-7-10;/h3-7H,1H2,2H3,(H,11,12);1H4. The van der Waals surface area contributed by atoms with Crippen molar-refractivity contribution in [3.05, 3.63) is 42.5 Å². The maximum absolute atomic E-state index is 10.7. The molecule has 0 aliphatic carbocycles. The molecule has 1 aromatic rings. The van der Waals surface area contributed by atoms with Crippen molar-refractivity contribution in [2.24, 2.45) is 0 Å². The Hall–Kier alpha value is -1.57. The van der Waals surface area contributed by atoms with E-state index in [1.165, 1.54) is 6.92 Å². The third kappa shape index (κ3) is 3.56. The topological polar surface area (TPSA) is 29.1 Å². The summed E-state index contributed by atoms with van der Waals surface area (Å²) in [6.45, 7) is 5.20. The summed E-state index contributed by atoms with van der Waals surface area (Å²) in [5.74, 6) is -0.0937. The highest BCUT2D eigenvalue weighted by Crippen LogP contribution is 2.07. The molecule has 0 heterocycles. The average Bonchev–Trinajstić information content (AvgIpc) is 2.05. The lowest BCUT2D eigenvalue weighted by Gasteiger charge is -2.04. The lowest BCUT2D eigenvalue weighted by Crippen LogP contribution is -2.16. The van der Waals surface area contributed by atoms with E-state index in [-0.39, 0.29) is 13.3 Å². The van der Waals surface area contributed by atoms with Crippen LogP contribution >= 0.6 is 0 Å². The molecular weight excluding hydrogens is 162 g/mol. The Morgan fingerprint density at radius 2 is 1.85 bits per heavy atom. The molecule has 1 N–H and O–H groups in total. The van der Waals surface area contributed by atoms with Crippen molar-refractivity contribution in [3.8, 4) is 0 Å². The molecule has 0 unspecified atom stereocenters. The Bertz CT molecular complexity index is 290. The van der Waals surface area contributed by atoms with Gasteiger partial charge in [-0.15, -0.1) is 0 Å². The van der Waals surface area contributed by atoms with Crippen LogP contribution in [-0.4, -0.2) is 5.91 Å². The molecular formula is C11H15NO. The van der Waals surface area contributed by atoms with E-state index in [9.17, 15) is 4.79 Å². The van der Waals surface area contributed by atoms with Gasteiger partial charge in [-0.3, -0.25) is 4.79 Å². The second kappa shape index (κ2) is 5.14. The summed E-state index contributed by atoms with van der Waals surface area (Å²) in [7, 11) is 0. The number of hydrogen-bond donors (Lipinski definition) is 1. The van der Waals surface area contributed by atoms with Gasteiger partial charge in [-0.05, 0) is 5.56 Å². The first-order chi connectivity index (χ1) is 5.70. The van der Waals surface area contributed by atoms with Crippen molar-refractivity contribution in [1.82, 2.24) is 5.32 Å². The molecule has 0 fully saturated rings. The van der Waals surface area contributed by atoms with E-state index >= 15 is 0 Å². The normalized spacial score (nSPS) is 8.38. The van der Waals surface area contributed by atoms with Gasteiger partial charge in [0.05, 0.1) is 0 Å². The fraction of sp³-hybridized carbons (Fsp3) is 0.182. The van der Waals surface area contributed by atoms with E-state index in [4.69, 9.17) is 0 Å². The molecule has 2 heteroatoms. The second-order valence-corrected chi connectivity index (χ2v) is 2.53. The van der Waals surface area contributed by atoms with E-state index in [0.717, 1.165) is 5.56 Å². The molecule has 0 bridgehead atoms. The largest absolute Gasteiger partial charge is 0.326 e. The first-order valence-corrected chi connectivity index (χ1v) is 3.72. The summed E-state index contributed by atoms with van der Waals surface area (Å²) < 4.78 is 0. The van der Waals surface area contributed by atoms with Gasteiger partial charge in [0.15, 0.2) is 0 Å². The van der Waals surface area contributed by atoms with Crippen molar-refractivity contribution in [2.75, 3.05) is 0 Å². The minimum absolute atomic E-state index is 0. The van der Waals surface area contributed by atoms with Crippen LogP contribution in [0.4, 0.5) is 0 Å². The first-order valence-electron chi connectivity index (χ1n) is 3.72. The Kier molecular flexibility index (Phi) is 4.52. The first kappa shape index (κ1) is 11.4. The Morgan fingerprint density at radius 3 is 2.31 bits per heavy atom. The smallest absolute Gasteiger partial charge is 0.221 e. The maximum Gasteiger partial charge on any atom is 0.221 e. The van der Waals surface area contributed by atoms with Crippen LogP contribution in [0.1, 0.15) is 19.9 Å². The third-order valence-electron chi connectivity index (χ3n) is 1.45. The zero-order valence-electron chi connectivity index (χ0n) is 7.00. The summed E-state index contributed by atoms with van der Waals surface area (Å²) in [5, 5.41) is 2.63. The quantitative estimate of drug-likeness (QED) is 0.738. The second-order valence-electron chi connectivity index (χ2n) is 2.53. The molecule has 70 valence electrons. The van der Waals surface area contributed by atoms with E-state index in [1.807, 2.05) is 30.3 Å². The molecule has 0 atom stereocenters. The van der Waals surface area contributed by atoms with Crippen LogP contribution in [0.3, 0.4) is 0 Å². The SMILES string of the molecule is C.C=C(NC(C)=O)c1ccccc1. The number of carbonyl (C=O) groups excluding carboxylic acids is 1. The fourth-order valence-electron chi connectivity index (χ4n) is 0.924. The van der Waals surface area contributed by atoms with Crippen LogP contribution in [-0.2, 0) is 4.79 Å². The van der Waals surface area contributed by atoms with E-state index < -0.39 is 0 Å². The minimum atomic E-state index is -0.0937. The lowest BCUT2D eigenvalue weighted by atomic mass is 10.2. The van der Waals surface area contributed by atoms with Crippen LogP contribution < -0.4 is 5.32 Å². The van der Waals surface area contributed by atoms with Gasteiger partial charge in [-0.2, -0.15) is 0 Å². The van der Waals surface area contributed by atoms with Crippen molar-refractivity contribution in [1.29, 1.82) is 0 Å². The van der Waals surface area contributed by atoms with Crippen molar-refractivity contribution in [2.45, 2.75) is 14.4 Å². The van der Waals surface area contributed by atoms with E-state index in [2.05, 4.69) is 11.9 Å². The van der Waals surface area contributed by atoms with Crippen LogP contribution in [0.2, 0.25) is 0 Å². The summed E-state index contributed by atoms with van der Waals surface area (Å²) in [5.41, 5.74) is 1.58. The Morgan fingerprint density at radius 1 is 1.31 bits per heavy atom. The zero-order valence-corrected chi connectivity index (χ0v) is 7.00. The van der Waals surface area contributed by atoms with Gasteiger partial charge < -0.3 is 5.32 Å². The fourth-order valence-corrected chi connectivity index (χ4v) is 0.924. The predicted octanol–water partition coefficient (Wildman–Crippen LogP) is 2.43. The van der Waals surface area contributed by atoms with Crippen LogP contribution in [0.15, 0.2) is 36.9 Å². The molecule has 1 aromatic carbocycles. The summed E-state index contributed by atoms with van der Waals surface area (Å²) in [4.78, 5) is 10.7. The molecule has 13 heavy (non-hydrogen) atoms. The highest BCUT2D eigenvalue weighted by atomic mass is 16.1. The van der Waals surface area contributed by atoms with Gasteiger partial charge in [0.2, 0.25) is 5.91 Å². The average molecular weight is 177 g/mol. The predicted molar refractivity (Wildman–Crippen MR) is 56.0 cm³/mol. The number of hydrogen-bond acceptors (Lipinski definition) is 1. The number of rotatable bonds is 2. The van der Waals surface area contributed by atoms with Gasteiger partial charge in [0, 0.05) is 12.6 Å². The van der Waals surface area contributed by atoms with Crippen molar-refractivity contribution < 1.29 is 4.79 Å². The Labute approximate surface area is 79.3 Å². The van der Waals surface area contributed by atoms with Crippen molar-refractivity contribution >= 4 is 11.6 Å². The number of carbonyl (C=O) groups is 1. The number of amides is 1. The lowest BCUT2D eigenvalue weighted by molar-refractivity contribution is -0.117. The van der Waals surface area contributed by atoms with E-state index in [0.29, 0.717) is 5.70 Å². The van der Waals surface area contributed by atoms with Gasteiger partial charge in [-0.1, -0.05) is 44.3 Å². The highest BCUT2D eigenvalue weighted by molar-refractivity contribution is 5.84. The van der Waals surface area contributed by atoms with Gasteiger partial charge >= 0.3 is 0 Å². The summed E-state index contributed by atoms with van der Waals surface area (Å²) in [6.07, 6.45) is 0. The number of benzene rings is 1. The molecule has 2 nitrogen and oxygen atoms in total. The molecule has 0 spiro atoms. The monoisotopic (exact) mass is 177 g/mol. The molecule has 1 amide bonds. The molecule has 0 saturated carbocycles. The minimum Gasteiger partial charge on any atom is -0.326 e. The molecule has 0 aromatic heterocycles. The molecule has 0 saturated heterocycles. The maximum atomic E-state index is 10.7. The zero-order chi connectivity index (χ0) is 8.97. The van der Waals surface area contributed by atoms with Gasteiger partial charge in [0.1, 0.15) is 0 Å². The van der Waals surface area contributed by atoms with Crippen LogP contribution in [0.5, 0.6) is 0 Å². The van der Waals surface area contributed by atoms with Crippen LogP contribution in [0, 0.1) is 0 Å². The Balaban J connectivity index is 0.00000144. The van der Waals surface area contributed by atoms with Gasteiger partial charge in [0.25, 0.3) is 0 Å². The van der Waals surface area contributed by atoms with Crippen molar-refractivity contribution in [3.63, 3.8) is 0 Å². The van der Waals surface area contributed by atoms with Crippen LogP contribution in [0.25, 0.3) is 5.70 Å². The van der Waals surface area contributed by atoms with Gasteiger partial charge in [-0.25, -0.2) is 0 Å². The van der Waals surface area contributed by atoms with E-state index in [1.54, 1.807) is 0 Å². The highest BCUT2D eigenvalue weighted by Gasteiger charge is 1.97. The molecule has 0 aliphatic rings. The molecule has 0 aliphatic heterocycles. The summed E-state index contributed by atoms with van der Waals surface area (Å²) in [6, 6.07) is 9.53. The number of nitrogens with one attached hydrogen (secondary N) is 1. The summed E-state index contributed by atoms with van der Waals surface area (Å²) >= 11 is 0. The third-order valence-corrected chi connectivity index (χ3v) is 1.45.